The molecular formula is C17H20N8OS2. The first-order valence-electron chi connectivity index (χ1n) is 9.06. The van der Waals surface area contributed by atoms with Crippen molar-refractivity contribution < 1.29 is 4.79 Å². The zero-order chi connectivity index (χ0) is 19.3. The Hall–Kier alpha value is -2.40. The number of hydrogen-bond acceptors (Lipinski definition) is 8. The van der Waals surface area contributed by atoms with Crippen molar-refractivity contribution in [3.63, 3.8) is 0 Å². The molecule has 1 amide bonds. The zero-order valence-electron chi connectivity index (χ0n) is 15.3. The van der Waals surface area contributed by atoms with Crippen LogP contribution in [0.5, 0.6) is 0 Å². The van der Waals surface area contributed by atoms with Crippen molar-refractivity contribution in [3.05, 3.63) is 30.5 Å². The maximum atomic E-state index is 12.9. The van der Waals surface area contributed by atoms with Gasteiger partial charge in [-0.2, -0.15) is 5.10 Å². The average molecular weight is 417 g/mol. The molecule has 9 nitrogen and oxygen atoms in total. The minimum absolute atomic E-state index is 0.311. The van der Waals surface area contributed by atoms with Crippen LogP contribution in [-0.2, 0) is 7.05 Å². The molecule has 2 N–H and O–H groups in total. The Balaban J connectivity index is 1.58. The molecular weight excluding hydrogens is 396 g/mol. The van der Waals surface area contributed by atoms with Gasteiger partial charge in [0.2, 0.25) is 0 Å². The summed E-state index contributed by atoms with van der Waals surface area (Å²) in [6.07, 6.45) is 11.0. The Labute approximate surface area is 170 Å². The van der Waals surface area contributed by atoms with Gasteiger partial charge < -0.3 is 10.3 Å². The van der Waals surface area contributed by atoms with Gasteiger partial charge in [-0.15, -0.1) is 22.0 Å². The summed E-state index contributed by atoms with van der Waals surface area (Å²) in [6, 6.07) is 1.74. The molecule has 0 aromatic carbocycles. The van der Waals surface area contributed by atoms with E-state index in [4.69, 9.17) is 0 Å². The van der Waals surface area contributed by atoms with Crippen molar-refractivity contribution in [1.82, 2.24) is 34.9 Å². The monoisotopic (exact) mass is 416 g/mol. The summed E-state index contributed by atoms with van der Waals surface area (Å²) in [6.45, 7) is 0. The fourth-order valence-corrected chi connectivity index (χ4v) is 4.87. The zero-order valence-corrected chi connectivity index (χ0v) is 17.0. The van der Waals surface area contributed by atoms with Gasteiger partial charge in [0.15, 0.2) is 16.7 Å². The van der Waals surface area contributed by atoms with Crippen LogP contribution >= 0.6 is 23.5 Å². The number of rotatable bonds is 6. The third-order valence-electron chi connectivity index (χ3n) is 4.31. The third-order valence-corrected chi connectivity index (χ3v) is 6.44. The van der Waals surface area contributed by atoms with Gasteiger partial charge in [0.05, 0.1) is 6.20 Å². The van der Waals surface area contributed by atoms with E-state index in [-0.39, 0.29) is 5.91 Å². The highest BCUT2D eigenvalue weighted by molar-refractivity contribution is 8.00. The van der Waals surface area contributed by atoms with Crippen molar-refractivity contribution in [3.8, 4) is 0 Å². The van der Waals surface area contributed by atoms with Crippen molar-refractivity contribution in [1.29, 1.82) is 0 Å². The van der Waals surface area contributed by atoms with E-state index in [1.807, 2.05) is 0 Å². The van der Waals surface area contributed by atoms with E-state index in [2.05, 4.69) is 35.6 Å². The van der Waals surface area contributed by atoms with Crippen LogP contribution in [0, 0.1) is 0 Å². The van der Waals surface area contributed by atoms with Crippen LogP contribution in [0.4, 0.5) is 5.82 Å². The van der Waals surface area contributed by atoms with E-state index in [0.29, 0.717) is 32.0 Å². The molecule has 28 heavy (non-hydrogen) atoms. The minimum atomic E-state index is -0.315. The first kappa shape index (κ1) is 18.9. The molecule has 0 bridgehead atoms. The number of hydrogen-bond donors (Lipinski definition) is 2. The number of aromatic nitrogens is 7. The van der Waals surface area contributed by atoms with Gasteiger partial charge in [-0.3, -0.25) is 9.48 Å². The number of carbonyl (C=O) groups is 1. The van der Waals surface area contributed by atoms with Gasteiger partial charge in [0, 0.05) is 24.6 Å². The Bertz CT molecular complexity index is 937. The van der Waals surface area contributed by atoms with Gasteiger partial charge in [-0.05, 0) is 24.6 Å². The lowest BCUT2D eigenvalue weighted by atomic mass is 10.0. The number of aromatic amines is 1. The van der Waals surface area contributed by atoms with Crippen LogP contribution in [0.3, 0.4) is 0 Å². The second kappa shape index (κ2) is 8.74. The summed E-state index contributed by atoms with van der Waals surface area (Å²) in [5, 5.41) is 17.0. The van der Waals surface area contributed by atoms with Gasteiger partial charge in [-0.25, -0.2) is 9.97 Å². The molecule has 1 aliphatic rings. The van der Waals surface area contributed by atoms with E-state index >= 15 is 0 Å². The third kappa shape index (κ3) is 4.71. The summed E-state index contributed by atoms with van der Waals surface area (Å²) < 4.78 is 1.63. The van der Waals surface area contributed by atoms with Crippen molar-refractivity contribution in [2.75, 3.05) is 5.32 Å². The molecule has 1 saturated carbocycles. The lowest BCUT2D eigenvalue weighted by Gasteiger charge is -2.21. The number of aryl methyl sites for hydroxylation is 1. The van der Waals surface area contributed by atoms with Crippen LogP contribution in [0.2, 0.25) is 0 Å². The van der Waals surface area contributed by atoms with Crippen LogP contribution in [-0.4, -0.2) is 46.1 Å². The molecule has 0 aliphatic heterocycles. The molecule has 4 rings (SSSR count). The number of anilines is 1. The fourth-order valence-electron chi connectivity index (χ4n) is 2.99. The van der Waals surface area contributed by atoms with Gasteiger partial charge in [-0.1, -0.05) is 19.3 Å². The van der Waals surface area contributed by atoms with Gasteiger partial charge in [0.1, 0.15) is 16.4 Å². The largest absolute Gasteiger partial charge is 0.322 e. The fraction of sp³-hybridized carbons (Fsp3) is 0.412. The second-order valence-corrected chi connectivity index (χ2v) is 8.76. The molecule has 1 aliphatic carbocycles. The minimum Gasteiger partial charge on any atom is -0.322 e. The lowest BCUT2D eigenvalue weighted by Crippen LogP contribution is -2.18. The van der Waals surface area contributed by atoms with Crippen molar-refractivity contribution >= 4 is 35.2 Å². The SMILES string of the molecule is Cn1ccc(NC(=O)c2nc(Sc3nnc[nH]3)cnc2SC2CCCCC2)n1. The molecule has 0 unspecified atom stereocenters. The van der Waals surface area contributed by atoms with Gasteiger partial charge in [0.25, 0.3) is 5.91 Å². The Morgan fingerprint density at radius 1 is 1.32 bits per heavy atom. The van der Waals surface area contributed by atoms with E-state index in [1.54, 1.807) is 42.0 Å². The normalized spacial score (nSPS) is 14.9. The molecule has 0 atom stereocenters. The summed E-state index contributed by atoms with van der Waals surface area (Å²) in [4.78, 5) is 24.9. The summed E-state index contributed by atoms with van der Waals surface area (Å²) in [5.74, 6) is 0.167. The number of nitrogens with one attached hydrogen (secondary N) is 2. The predicted molar refractivity (Wildman–Crippen MR) is 106 cm³/mol. The maximum Gasteiger partial charge on any atom is 0.278 e. The van der Waals surface area contributed by atoms with Crippen LogP contribution < -0.4 is 5.32 Å². The number of amides is 1. The van der Waals surface area contributed by atoms with E-state index < -0.39 is 0 Å². The Morgan fingerprint density at radius 3 is 2.89 bits per heavy atom. The number of thioether (sulfide) groups is 1. The van der Waals surface area contributed by atoms with E-state index in [0.717, 1.165) is 12.8 Å². The lowest BCUT2D eigenvalue weighted by molar-refractivity contribution is 0.101. The number of carbonyl (C=O) groups excluding carboxylic acids is 1. The molecule has 0 saturated heterocycles. The van der Waals surface area contributed by atoms with Crippen molar-refractivity contribution in [2.24, 2.45) is 7.05 Å². The number of H-pyrrole nitrogens is 1. The highest BCUT2D eigenvalue weighted by Gasteiger charge is 2.22. The Morgan fingerprint density at radius 2 is 2.18 bits per heavy atom. The maximum absolute atomic E-state index is 12.9. The second-order valence-electron chi connectivity index (χ2n) is 6.46. The molecule has 11 heteroatoms. The first-order valence-corrected chi connectivity index (χ1v) is 10.8. The highest BCUT2D eigenvalue weighted by Crippen LogP contribution is 2.35. The molecule has 3 aromatic rings. The first-order chi connectivity index (χ1) is 13.7. The van der Waals surface area contributed by atoms with Gasteiger partial charge >= 0.3 is 0 Å². The molecule has 3 aromatic heterocycles. The Kier molecular flexibility index (Phi) is 5.91. The molecule has 146 valence electrons. The summed E-state index contributed by atoms with van der Waals surface area (Å²) >= 11 is 2.93. The number of nitrogens with zero attached hydrogens (tertiary/aromatic N) is 6. The van der Waals surface area contributed by atoms with Crippen molar-refractivity contribution in [2.45, 2.75) is 52.6 Å². The quantitative estimate of drug-likeness (QED) is 0.630. The molecule has 0 radical (unpaired) electrons. The standard InChI is InChI=1S/C17H20N8OS2/c1-25-8-7-12(24-25)21-15(26)14-16(27-11-5-3-2-4-6-11)18-9-13(22-14)28-17-19-10-20-23-17/h7-11H,2-6H2,1H3,(H,19,20,23)(H,21,24,26). The predicted octanol–water partition coefficient (Wildman–Crippen LogP) is 3.16. The molecule has 3 heterocycles. The van der Waals surface area contributed by atoms with Crippen LogP contribution in [0.15, 0.2) is 40.0 Å². The topological polar surface area (TPSA) is 114 Å². The smallest absolute Gasteiger partial charge is 0.278 e. The van der Waals surface area contributed by atoms with Crippen LogP contribution in [0.25, 0.3) is 0 Å². The molecule has 0 spiro atoms. The average Bonchev–Trinajstić information content (AvgIpc) is 3.35. The van der Waals surface area contributed by atoms with Crippen LogP contribution in [0.1, 0.15) is 42.6 Å². The summed E-state index contributed by atoms with van der Waals surface area (Å²) in [7, 11) is 1.80. The van der Waals surface area contributed by atoms with E-state index in [9.17, 15) is 4.79 Å². The summed E-state index contributed by atoms with van der Waals surface area (Å²) in [5.41, 5.74) is 0.311. The molecule has 1 fully saturated rings. The van der Waals surface area contributed by atoms with E-state index in [1.165, 1.54) is 37.4 Å². The highest BCUT2D eigenvalue weighted by atomic mass is 32.2.